The molecule has 0 aliphatic rings. The highest BCUT2D eigenvalue weighted by atomic mass is 16.5. The summed E-state index contributed by atoms with van der Waals surface area (Å²) in [5.74, 6) is -2.08. The smallest absolute Gasteiger partial charge is 0.339 e. The van der Waals surface area contributed by atoms with Gasteiger partial charge in [0.05, 0.1) is 5.56 Å². The van der Waals surface area contributed by atoms with Crippen molar-refractivity contribution in [2.45, 2.75) is 33.8 Å². The molecule has 0 aromatic heterocycles. The molecule has 0 bridgehead atoms. The summed E-state index contributed by atoms with van der Waals surface area (Å²) in [6.45, 7) is 6.54. The molecule has 0 heterocycles. The highest BCUT2D eigenvalue weighted by molar-refractivity contribution is 6.02. The zero-order chi connectivity index (χ0) is 26.1. The number of carboxylic acids is 1. The van der Waals surface area contributed by atoms with Crippen molar-refractivity contribution in [3.8, 4) is 0 Å². The number of benzene rings is 3. The van der Waals surface area contributed by atoms with E-state index in [1.54, 1.807) is 12.1 Å². The lowest BCUT2D eigenvalue weighted by Crippen LogP contribution is -2.32. The normalized spacial score (nSPS) is 11.6. The molecular weight excluding hydrogens is 454 g/mol. The molecule has 3 rings (SSSR count). The van der Waals surface area contributed by atoms with E-state index in [1.165, 1.54) is 6.07 Å². The molecule has 0 fully saturated rings. The van der Waals surface area contributed by atoms with Gasteiger partial charge in [-0.3, -0.25) is 4.79 Å². The number of carbonyl (C=O) groups is 3. The number of nitrogens with one attached hydrogen (secondary N) is 1. The molecule has 6 heteroatoms. The van der Waals surface area contributed by atoms with Crippen LogP contribution in [0, 0.1) is 5.41 Å². The van der Waals surface area contributed by atoms with Crippen molar-refractivity contribution in [1.82, 2.24) is 5.32 Å². The Kier molecular flexibility index (Phi) is 8.79. The summed E-state index contributed by atoms with van der Waals surface area (Å²) in [4.78, 5) is 37.7. The van der Waals surface area contributed by atoms with Crippen molar-refractivity contribution in [3.05, 3.63) is 113 Å². The minimum atomic E-state index is -1.13. The Bertz CT molecular complexity index is 1240. The van der Waals surface area contributed by atoms with Crippen LogP contribution in [0.4, 0.5) is 0 Å². The van der Waals surface area contributed by atoms with Crippen LogP contribution in [0.1, 0.15) is 58.2 Å². The van der Waals surface area contributed by atoms with Crippen LogP contribution < -0.4 is 5.32 Å². The molecule has 0 atom stereocenters. The first kappa shape index (κ1) is 26.4. The first-order chi connectivity index (χ1) is 17.1. The van der Waals surface area contributed by atoms with Gasteiger partial charge in [-0.25, -0.2) is 9.59 Å². The average Bonchev–Trinajstić information content (AvgIpc) is 2.85. The lowest BCUT2D eigenvalue weighted by atomic mass is 9.92. The maximum atomic E-state index is 13.2. The van der Waals surface area contributed by atoms with Gasteiger partial charge in [-0.1, -0.05) is 87.5 Å². The van der Waals surface area contributed by atoms with Crippen molar-refractivity contribution in [2.24, 2.45) is 5.41 Å². The first-order valence-corrected chi connectivity index (χ1v) is 11.7. The zero-order valence-corrected chi connectivity index (χ0v) is 20.8. The van der Waals surface area contributed by atoms with Gasteiger partial charge in [-0.15, -0.1) is 0 Å². The van der Waals surface area contributed by atoms with Crippen LogP contribution in [-0.4, -0.2) is 29.5 Å². The standard InChI is InChI=1S/C30H31NO5/c1-30(2,3)20-31-28(34)23-14-15-25(24(18-27(32)33)16-21-10-6-4-7-11-21)26(17-23)29(35)36-19-22-12-8-5-9-13-22/h4-15,17-18H,16,19-20H2,1-3H3,(H,31,34)(H,32,33)/b24-18+. The quantitative estimate of drug-likeness (QED) is 0.307. The van der Waals surface area contributed by atoms with Crippen LogP contribution in [0.15, 0.2) is 84.9 Å². The van der Waals surface area contributed by atoms with E-state index in [0.29, 0.717) is 29.7 Å². The fourth-order valence-electron chi connectivity index (χ4n) is 3.57. The summed E-state index contributed by atoms with van der Waals surface area (Å²) < 4.78 is 5.56. The van der Waals surface area contributed by atoms with Gasteiger partial charge in [-0.2, -0.15) is 0 Å². The lowest BCUT2D eigenvalue weighted by Gasteiger charge is -2.19. The largest absolute Gasteiger partial charge is 0.478 e. The predicted octanol–water partition coefficient (Wildman–Crippen LogP) is 5.53. The molecule has 3 aromatic rings. The van der Waals surface area contributed by atoms with E-state index >= 15 is 0 Å². The molecule has 3 aromatic carbocycles. The van der Waals surface area contributed by atoms with E-state index in [-0.39, 0.29) is 23.5 Å². The van der Waals surface area contributed by atoms with Gasteiger partial charge in [0, 0.05) is 18.2 Å². The Morgan fingerprint density at radius 1 is 0.861 bits per heavy atom. The van der Waals surface area contributed by atoms with E-state index in [0.717, 1.165) is 17.2 Å². The third-order valence-electron chi connectivity index (χ3n) is 5.37. The fourth-order valence-corrected chi connectivity index (χ4v) is 3.57. The molecule has 2 N–H and O–H groups in total. The zero-order valence-electron chi connectivity index (χ0n) is 20.8. The second-order valence-corrected chi connectivity index (χ2v) is 9.74. The molecule has 0 spiro atoms. The van der Waals surface area contributed by atoms with Gasteiger partial charge in [0.15, 0.2) is 0 Å². The second-order valence-electron chi connectivity index (χ2n) is 9.74. The number of hydrogen-bond donors (Lipinski definition) is 2. The minimum Gasteiger partial charge on any atom is -0.478 e. The highest BCUT2D eigenvalue weighted by Gasteiger charge is 2.21. The van der Waals surface area contributed by atoms with E-state index in [1.807, 2.05) is 81.4 Å². The number of aliphatic carboxylic acids is 1. The summed E-state index contributed by atoms with van der Waals surface area (Å²) >= 11 is 0. The van der Waals surface area contributed by atoms with Crippen molar-refractivity contribution >= 4 is 23.4 Å². The molecule has 1 amide bonds. The molecule has 0 radical (unpaired) electrons. The molecule has 0 saturated heterocycles. The number of allylic oxidation sites excluding steroid dienone is 1. The highest BCUT2D eigenvalue weighted by Crippen LogP contribution is 2.26. The van der Waals surface area contributed by atoms with Gasteiger partial charge in [-0.05, 0) is 46.2 Å². The van der Waals surface area contributed by atoms with Gasteiger partial charge in [0.2, 0.25) is 0 Å². The third kappa shape index (κ3) is 7.94. The van der Waals surface area contributed by atoms with E-state index in [4.69, 9.17) is 4.74 Å². The molecule has 0 aliphatic carbocycles. The Morgan fingerprint density at radius 3 is 2.06 bits per heavy atom. The number of carboxylic acid groups (broad SMARTS) is 1. The molecule has 36 heavy (non-hydrogen) atoms. The minimum absolute atomic E-state index is 0.0518. The SMILES string of the molecule is CC(C)(C)CNC(=O)c1ccc(/C(=C/C(=O)O)Cc2ccccc2)c(C(=O)OCc2ccccc2)c1. The number of amides is 1. The Morgan fingerprint density at radius 2 is 1.47 bits per heavy atom. The number of rotatable bonds is 9. The summed E-state index contributed by atoms with van der Waals surface area (Å²) in [7, 11) is 0. The second kappa shape index (κ2) is 12.0. The van der Waals surface area contributed by atoms with Crippen molar-refractivity contribution in [3.63, 3.8) is 0 Å². The first-order valence-electron chi connectivity index (χ1n) is 11.7. The van der Waals surface area contributed by atoms with Crippen molar-refractivity contribution < 1.29 is 24.2 Å². The van der Waals surface area contributed by atoms with Crippen LogP contribution >= 0.6 is 0 Å². The monoisotopic (exact) mass is 485 g/mol. The maximum Gasteiger partial charge on any atom is 0.339 e. The fraction of sp³-hybridized carbons (Fsp3) is 0.233. The molecule has 0 unspecified atom stereocenters. The van der Waals surface area contributed by atoms with Crippen LogP contribution in [0.3, 0.4) is 0 Å². The lowest BCUT2D eigenvalue weighted by molar-refractivity contribution is -0.131. The Hall–Kier alpha value is -4.19. The van der Waals surface area contributed by atoms with Crippen LogP contribution in [0.25, 0.3) is 5.57 Å². The number of esters is 1. The van der Waals surface area contributed by atoms with Gasteiger partial charge >= 0.3 is 11.9 Å². The number of hydrogen-bond acceptors (Lipinski definition) is 4. The molecular formula is C30H31NO5. The van der Waals surface area contributed by atoms with Crippen molar-refractivity contribution in [2.75, 3.05) is 6.54 Å². The molecule has 0 saturated carbocycles. The maximum absolute atomic E-state index is 13.2. The van der Waals surface area contributed by atoms with Gasteiger partial charge in [0.25, 0.3) is 5.91 Å². The van der Waals surface area contributed by atoms with Crippen LogP contribution in [0.2, 0.25) is 0 Å². The topological polar surface area (TPSA) is 92.7 Å². The van der Waals surface area contributed by atoms with E-state index in [9.17, 15) is 19.5 Å². The predicted molar refractivity (Wildman–Crippen MR) is 140 cm³/mol. The Balaban J connectivity index is 1.99. The molecule has 186 valence electrons. The average molecular weight is 486 g/mol. The molecule has 0 aliphatic heterocycles. The molecule has 6 nitrogen and oxygen atoms in total. The summed E-state index contributed by atoms with van der Waals surface area (Å²) in [5, 5.41) is 12.4. The van der Waals surface area contributed by atoms with Gasteiger partial charge < -0.3 is 15.2 Å². The summed E-state index contributed by atoms with van der Waals surface area (Å²) in [6, 6.07) is 23.3. The summed E-state index contributed by atoms with van der Waals surface area (Å²) in [6.07, 6.45) is 1.39. The van der Waals surface area contributed by atoms with E-state index in [2.05, 4.69) is 5.32 Å². The van der Waals surface area contributed by atoms with Gasteiger partial charge in [0.1, 0.15) is 6.61 Å². The number of carbonyl (C=O) groups excluding carboxylic acids is 2. The van der Waals surface area contributed by atoms with Crippen LogP contribution in [0.5, 0.6) is 0 Å². The van der Waals surface area contributed by atoms with Crippen LogP contribution in [-0.2, 0) is 22.6 Å². The Labute approximate surface area is 211 Å². The third-order valence-corrected chi connectivity index (χ3v) is 5.37. The van der Waals surface area contributed by atoms with Crippen molar-refractivity contribution in [1.29, 1.82) is 0 Å². The van der Waals surface area contributed by atoms with E-state index < -0.39 is 11.9 Å². The number of ether oxygens (including phenoxy) is 1. The summed E-state index contributed by atoms with van der Waals surface area (Å²) in [5.41, 5.74) is 2.87.